The van der Waals surface area contributed by atoms with Crippen LogP contribution in [0.4, 0.5) is 0 Å². The molecule has 0 atom stereocenters. The van der Waals surface area contributed by atoms with Gasteiger partial charge in [-0.2, -0.15) is 0 Å². The Morgan fingerprint density at radius 2 is 1.93 bits per heavy atom. The molecule has 1 N–H and O–H groups in total. The first kappa shape index (κ1) is 19.7. The van der Waals surface area contributed by atoms with Crippen LogP contribution in [0, 0.1) is 0 Å². The van der Waals surface area contributed by atoms with E-state index in [0.29, 0.717) is 12.7 Å². The van der Waals surface area contributed by atoms with Gasteiger partial charge < -0.3 is 19.3 Å². The van der Waals surface area contributed by atoms with Crippen LogP contribution in [-0.2, 0) is 19.7 Å². The molecule has 2 aliphatic heterocycles. The van der Waals surface area contributed by atoms with Gasteiger partial charge in [-0.3, -0.25) is 0 Å². The molecule has 0 spiro atoms. The van der Waals surface area contributed by atoms with Crippen LogP contribution >= 0.6 is 0 Å². The van der Waals surface area contributed by atoms with Gasteiger partial charge in [0.05, 0.1) is 24.9 Å². The molecule has 1 aromatic rings. The summed E-state index contributed by atoms with van der Waals surface area (Å²) >= 11 is 0. The van der Waals surface area contributed by atoms with Gasteiger partial charge in [0, 0.05) is 5.41 Å². The van der Waals surface area contributed by atoms with Crippen LogP contribution in [0.25, 0.3) is 0 Å². The molecular weight excluding hydrogens is 356 g/mol. The van der Waals surface area contributed by atoms with Gasteiger partial charge in [-0.25, -0.2) is 4.79 Å². The van der Waals surface area contributed by atoms with Crippen molar-refractivity contribution in [2.24, 2.45) is 0 Å². The zero-order valence-corrected chi connectivity index (χ0v) is 16.7. The monoisotopic (exact) mass is 388 g/mol. The topological polar surface area (TPSA) is 65.0 Å². The Balaban J connectivity index is 1.36. The van der Waals surface area contributed by atoms with E-state index in [9.17, 15) is 4.79 Å². The van der Waals surface area contributed by atoms with E-state index in [1.165, 1.54) is 37.7 Å². The summed E-state index contributed by atoms with van der Waals surface area (Å²) in [5.74, 6) is 0.0864. The molecule has 2 aliphatic carbocycles. The number of hydrogen-bond acceptors (Lipinski definition) is 4. The van der Waals surface area contributed by atoms with Crippen molar-refractivity contribution in [1.29, 1.82) is 0 Å². The normalized spacial score (nSPS) is 30.3. The average molecular weight is 389 g/mol. The fourth-order valence-corrected chi connectivity index (χ4v) is 5.15. The Morgan fingerprint density at radius 3 is 2.61 bits per heavy atom. The summed E-state index contributed by atoms with van der Waals surface area (Å²) < 4.78 is 17.9. The Labute approximate surface area is 167 Å². The van der Waals surface area contributed by atoms with Gasteiger partial charge in [0.2, 0.25) is 0 Å². The summed E-state index contributed by atoms with van der Waals surface area (Å²) in [5, 5.41) is 8.70. The van der Waals surface area contributed by atoms with E-state index in [1.54, 1.807) is 0 Å². The largest absolute Gasteiger partial charge is 0.490 e. The van der Waals surface area contributed by atoms with Crippen LogP contribution in [0.1, 0.15) is 69.8 Å². The minimum atomic E-state index is -0.917. The molecule has 0 amide bonds. The predicted octanol–water partition coefficient (Wildman–Crippen LogP) is 4.47. The Kier molecular flexibility index (Phi) is 5.93. The van der Waals surface area contributed by atoms with Crippen molar-refractivity contribution in [2.45, 2.75) is 81.3 Å². The highest BCUT2D eigenvalue weighted by atomic mass is 16.5. The van der Waals surface area contributed by atoms with Crippen molar-refractivity contribution in [3.63, 3.8) is 0 Å². The van der Waals surface area contributed by atoms with E-state index >= 15 is 0 Å². The predicted molar refractivity (Wildman–Crippen MR) is 106 cm³/mol. The van der Waals surface area contributed by atoms with E-state index in [4.69, 9.17) is 19.3 Å². The molecule has 154 valence electrons. The van der Waals surface area contributed by atoms with Gasteiger partial charge in [-0.15, -0.1) is 0 Å². The van der Waals surface area contributed by atoms with E-state index in [2.05, 4.69) is 24.3 Å². The first-order valence-electron chi connectivity index (χ1n) is 10.8. The second-order valence-corrected chi connectivity index (χ2v) is 8.85. The average Bonchev–Trinajstić information content (AvgIpc) is 2.74. The zero-order valence-electron chi connectivity index (χ0n) is 16.7. The molecular formula is C23H32O5. The van der Waals surface area contributed by atoms with Crippen molar-refractivity contribution >= 4 is 5.97 Å². The maximum absolute atomic E-state index is 10.6. The van der Waals surface area contributed by atoms with Crippen LogP contribution in [0.2, 0.25) is 0 Å². The SMILES string of the molecule is O=C(O)COCCC12CCC(c3cccc(OC4CCCCC4)c3)(CC1)CO2. The summed E-state index contributed by atoms with van der Waals surface area (Å²) in [5.41, 5.74) is 1.31. The summed E-state index contributed by atoms with van der Waals surface area (Å²) in [4.78, 5) is 10.6. The minimum absolute atomic E-state index is 0.0929. The highest BCUT2D eigenvalue weighted by Gasteiger charge is 2.50. The van der Waals surface area contributed by atoms with Crippen molar-refractivity contribution in [3.8, 4) is 5.75 Å². The molecule has 4 fully saturated rings. The number of ether oxygens (including phenoxy) is 3. The van der Waals surface area contributed by atoms with E-state index in [1.807, 2.05) is 0 Å². The van der Waals surface area contributed by atoms with Gasteiger partial charge in [0.25, 0.3) is 0 Å². The molecule has 2 saturated heterocycles. The second kappa shape index (κ2) is 8.42. The third-order valence-corrected chi connectivity index (χ3v) is 7.00. The number of hydrogen-bond donors (Lipinski definition) is 1. The van der Waals surface area contributed by atoms with Crippen molar-refractivity contribution in [2.75, 3.05) is 19.8 Å². The fraction of sp³-hybridized carbons (Fsp3) is 0.696. The maximum Gasteiger partial charge on any atom is 0.329 e. The zero-order chi connectivity index (χ0) is 19.5. The first-order chi connectivity index (χ1) is 13.6. The summed E-state index contributed by atoms with van der Waals surface area (Å²) in [7, 11) is 0. The Bertz CT molecular complexity index is 655. The summed E-state index contributed by atoms with van der Waals surface area (Å²) in [6, 6.07) is 8.68. The molecule has 5 heteroatoms. The number of aliphatic carboxylic acids is 1. The molecule has 4 aliphatic rings. The number of carboxylic acid groups (broad SMARTS) is 1. The minimum Gasteiger partial charge on any atom is -0.490 e. The Morgan fingerprint density at radius 1 is 1.14 bits per heavy atom. The van der Waals surface area contributed by atoms with Crippen LogP contribution in [0.3, 0.4) is 0 Å². The van der Waals surface area contributed by atoms with Crippen molar-refractivity contribution in [1.82, 2.24) is 0 Å². The van der Waals surface area contributed by atoms with Gasteiger partial charge in [-0.1, -0.05) is 18.6 Å². The molecule has 2 bridgehead atoms. The lowest BCUT2D eigenvalue weighted by Gasteiger charge is -2.53. The summed E-state index contributed by atoms with van der Waals surface area (Å²) in [6.45, 7) is 0.955. The van der Waals surface area contributed by atoms with Crippen LogP contribution in [0.15, 0.2) is 24.3 Å². The van der Waals surface area contributed by atoms with Gasteiger partial charge in [-0.05, 0) is 75.5 Å². The van der Waals surface area contributed by atoms with Gasteiger partial charge >= 0.3 is 5.97 Å². The first-order valence-corrected chi connectivity index (χ1v) is 10.8. The standard InChI is InChI=1S/C23H32O5/c24-21(25)16-26-14-13-23-11-9-22(10-12-23,17-27-23)18-5-4-8-20(15-18)28-19-6-2-1-3-7-19/h4-5,8,15,19H,1-3,6-7,9-14,16-17H2,(H,24,25). The highest BCUT2D eigenvalue weighted by Crippen LogP contribution is 2.51. The van der Waals surface area contributed by atoms with E-state index in [0.717, 1.165) is 44.5 Å². The fourth-order valence-electron chi connectivity index (χ4n) is 5.15. The van der Waals surface area contributed by atoms with Crippen molar-refractivity contribution < 1.29 is 24.1 Å². The smallest absolute Gasteiger partial charge is 0.329 e. The van der Waals surface area contributed by atoms with Crippen LogP contribution in [0.5, 0.6) is 5.75 Å². The summed E-state index contributed by atoms with van der Waals surface area (Å²) in [6.07, 6.45) is 11.6. The molecule has 5 rings (SSSR count). The molecule has 5 nitrogen and oxygen atoms in total. The lowest BCUT2D eigenvalue weighted by Crippen LogP contribution is -2.53. The highest BCUT2D eigenvalue weighted by molar-refractivity contribution is 5.67. The lowest BCUT2D eigenvalue weighted by molar-refractivity contribution is -0.168. The number of carboxylic acids is 1. The van der Waals surface area contributed by atoms with Crippen molar-refractivity contribution in [3.05, 3.63) is 29.8 Å². The van der Waals surface area contributed by atoms with Gasteiger partial charge in [0.15, 0.2) is 0 Å². The molecule has 0 unspecified atom stereocenters. The third-order valence-electron chi connectivity index (χ3n) is 7.00. The van der Waals surface area contributed by atoms with Crippen LogP contribution in [-0.4, -0.2) is 42.6 Å². The molecule has 2 heterocycles. The third kappa shape index (κ3) is 4.36. The molecule has 0 radical (unpaired) electrons. The van der Waals surface area contributed by atoms with Gasteiger partial charge in [0.1, 0.15) is 12.4 Å². The quantitative estimate of drug-likeness (QED) is 0.666. The number of benzene rings is 1. The maximum atomic E-state index is 10.6. The Hall–Kier alpha value is -1.59. The number of fused-ring (bicyclic) bond motifs is 3. The second-order valence-electron chi connectivity index (χ2n) is 8.85. The number of rotatable bonds is 8. The van der Waals surface area contributed by atoms with E-state index in [-0.39, 0.29) is 17.6 Å². The van der Waals surface area contributed by atoms with E-state index < -0.39 is 5.97 Å². The molecule has 1 aromatic carbocycles. The molecule has 2 saturated carbocycles. The number of carbonyl (C=O) groups is 1. The van der Waals surface area contributed by atoms with Crippen LogP contribution < -0.4 is 4.74 Å². The molecule has 0 aromatic heterocycles. The lowest BCUT2D eigenvalue weighted by atomic mass is 9.62. The molecule has 28 heavy (non-hydrogen) atoms.